The minimum atomic E-state index is -4.22. The third kappa shape index (κ3) is 4.88. The number of benzene rings is 1. The molecule has 1 amide bonds. The molecule has 0 radical (unpaired) electrons. The van der Waals surface area contributed by atoms with Gasteiger partial charge in [-0.3, -0.25) is 23.7 Å². The number of H-pyrrole nitrogens is 1. The Balaban J connectivity index is 1.72. The summed E-state index contributed by atoms with van der Waals surface area (Å²) < 4.78 is 17.2. The van der Waals surface area contributed by atoms with Crippen molar-refractivity contribution >= 4 is 19.2 Å². The van der Waals surface area contributed by atoms with Crippen LogP contribution in [0.5, 0.6) is 0 Å². The highest BCUT2D eigenvalue weighted by atomic mass is 31.2. The highest BCUT2D eigenvalue weighted by molar-refractivity contribution is 7.50. The first-order valence-electron chi connectivity index (χ1n) is 8.32. The maximum Gasteiger partial charge on any atom is 0.330 e. The number of carbonyl (C=O) groups excluding carboxylic acids is 1. The molecule has 12 nitrogen and oxygen atoms in total. The smallest absolute Gasteiger partial charge is 0.330 e. The number of aliphatic hydroxyl groups excluding tert-OH is 2. The molecule has 2 heterocycles. The lowest BCUT2D eigenvalue weighted by atomic mass is 10.1. The van der Waals surface area contributed by atoms with Crippen LogP contribution in [-0.4, -0.2) is 53.8 Å². The Labute approximate surface area is 162 Å². The van der Waals surface area contributed by atoms with E-state index in [9.17, 15) is 29.2 Å². The van der Waals surface area contributed by atoms with E-state index in [-0.39, 0.29) is 5.69 Å². The Kier molecular flexibility index (Phi) is 5.85. The van der Waals surface area contributed by atoms with Crippen molar-refractivity contribution in [3.8, 4) is 0 Å². The number of aliphatic hydroxyl groups is 2. The van der Waals surface area contributed by atoms with Crippen LogP contribution in [0.25, 0.3) is 0 Å². The zero-order chi connectivity index (χ0) is 21.3. The van der Waals surface area contributed by atoms with Crippen LogP contribution < -0.4 is 16.6 Å². The minimum absolute atomic E-state index is 0.263. The molecule has 29 heavy (non-hydrogen) atoms. The van der Waals surface area contributed by atoms with Crippen LogP contribution in [0.2, 0.25) is 0 Å². The van der Waals surface area contributed by atoms with Gasteiger partial charge in [-0.25, -0.2) is 4.79 Å². The number of amides is 1. The van der Waals surface area contributed by atoms with Gasteiger partial charge in [0.15, 0.2) is 12.3 Å². The van der Waals surface area contributed by atoms with Crippen molar-refractivity contribution in [1.82, 2.24) is 9.55 Å². The van der Waals surface area contributed by atoms with Crippen LogP contribution in [0, 0.1) is 0 Å². The molecule has 0 spiro atoms. The zero-order valence-electron chi connectivity index (χ0n) is 14.7. The topological polar surface area (TPSA) is 191 Å². The van der Waals surface area contributed by atoms with Gasteiger partial charge in [0, 0.05) is 18.0 Å². The van der Waals surface area contributed by atoms with Gasteiger partial charge in [0.1, 0.15) is 12.2 Å². The van der Waals surface area contributed by atoms with Crippen LogP contribution in [0.1, 0.15) is 11.8 Å². The Morgan fingerprint density at radius 2 is 1.79 bits per heavy atom. The number of nitrogens with zero attached hydrogens (tertiary/aromatic N) is 1. The van der Waals surface area contributed by atoms with Crippen LogP contribution in [0.15, 0.2) is 46.1 Å². The summed E-state index contributed by atoms with van der Waals surface area (Å²) in [4.78, 5) is 55.3. The Morgan fingerprint density at radius 3 is 2.38 bits per heavy atom. The molecule has 4 atom stereocenters. The van der Waals surface area contributed by atoms with E-state index in [2.05, 4.69) is 5.32 Å². The Bertz CT molecular complexity index is 1060. The van der Waals surface area contributed by atoms with Crippen molar-refractivity contribution in [2.45, 2.75) is 30.7 Å². The van der Waals surface area contributed by atoms with Crippen molar-refractivity contribution < 1.29 is 34.1 Å². The Hall–Kier alpha value is -2.60. The molecule has 0 saturated carbocycles. The molecule has 156 valence electrons. The molecule has 1 aromatic carbocycles. The van der Waals surface area contributed by atoms with Gasteiger partial charge in [-0.1, -0.05) is 12.1 Å². The van der Waals surface area contributed by atoms with Gasteiger partial charge in [-0.05, 0) is 17.7 Å². The number of aromatic nitrogens is 2. The lowest BCUT2D eigenvalue weighted by Gasteiger charge is -2.16. The summed E-state index contributed by atoms with van der Waals surface area (Å²) in [5, 5.41) is 22.7. The van der Waals surface area contributed by atoms with Crippen molar-refractivity contribution in [3.63, 3.8) is 0 Å². The molecule has 0 bridgehead atoms. The van der Waals surface area contributed by atoms with E-state index in [0.29, 0.717) is 5.56 Å². The van der Waals surface area contributed by atoms with Gasteiger partial charge in [0.05, 0.1) is 6.16 Å². The highest BCUT2D eigenvalue weighted by Gasteiger charge is 2.47. The summed E-state index contributed by atoms with van der Waals surface area (Å²) in [6.45, 7) is 0. The predicted octanol–water partition coefficient (Wildman–Crippen LogP) is -1.53. The predicted molar refractivity (Wildman–Crippen MR) is 98.1 cm³/mol. The normalized spacial score (nSPS) is 24.4. The number of aromatic amines is 1. The summed E-state index contributed by atoms with van der Waals surface area (Å²) in [5.41, 5.74) is -0.910. The summed E-state index contributed by atoms with van der Waals surface area (Å²) in [5.74, 6) is -0.806. The second kappa shape index (κ2) is 8.03. The van der Waals surface area contributed by atoms with Gasteiger partial charge >= 0.3 is 13.3 Å². The molecule has 2 aromatic rings. The molecule has 6 N–H and O–H groups in total. The average molecular weight is 427 g/mol. The van der Waals surface area contributed by atoms with Crippen LogP contribution >= 0.6 is 7.60 Å². The molecule has 1 fully saturated rings. The number of anilines is 1. The van der Waals surface area contributed by atoms with Gasteiger partial charge in [0.25, 0.3) is 11.5 Å². The molecule has 1 saturated heterocycles. The second-order valence-electron chi connectivity index (χ2n) is 6.45. The summed E-state index contributed by atoms with van der Waals surface area (Å²) in [7, 11) is -4.22. The highest BCUT2D eigenvalue weighted by Crippen LogP contribution is 2.39. The summed E-state index contributed by atoms with van der Waals surface area (Å²) >= 11 is 0. The lowest BCUT2D eigenvalue weighted by molar-refractivity contribution is -0.132. The number of hydrogen-bond acceptors (Lipinski definition) is 7. The van der Waals surface area contributed by atoms with Gasteiger partial charge in [-0.15, -0.1) is 0 Å². The number of hydrogen-bond donors (Lipinski definition) is 6. The van der Waals surface area contributed by atoms with Gasteiger partial charge in [-0.2, -0.15) is 0 Å². The third-order valence-electron chi connectivity index (χ3n) is 4.23. The van der Waals surface area contributed by atoms with E-state index >= 15 is 0 Å². The second-order valence-corrected chi connectivity index (χ2v) is 8.10. The van der Waals surface area contributed by atoms with Crippen LogP contribution in [0.4, 0.5) is 5.69 Å². The fraction of sp³-hybridized carbons (Fsp3) is 0.312. The van der Waals surface area contributed by atoms with E-state index < -0.39 is 55.5 Å². The molecule has 3 rings (SSSR count). The molecule has 1 aliphatic rings. The number of carbonyl (C=O) groups is 1. The molecule has 1 aromatic heterocycles. The third-order valence-corrected chi connectivity index (χ3v) is 5.01. The molecule has 0 unspecified atom stereocenters. The van der Waals surface area contributed by atoms with Gasteiger partial charge in [0.2, 0.25) is 0 Å². The molecule has 13 heteroatoms. The van der Waals surface area contributed by atoms with Gasteiger partial charge < -0.3 is 30.1 Å². The molecular weight excluding hydrogens is 409 g/mol. The van der Waals surface area contributed by atoms with Crippen molar-refractivity contribution in [2.75, 3.05) is 5.32 Å². The Morgan fingerprint density at radius 1 is 1.14 bits per heavy atom. The van der Waals surface area contributed by atoms with Crippen molar-refractivity contribution in [2.24, 2.45) is 0 Å². The van der Waals surface area contributed by atoms with Crippen LogP contribution in [-0.2, 0) is 20.3 Å². The summed E-state index contributed by atoms with van der Waals surface area (Å²) in [6.07, 6.45) is -5.54. The summed E-state index contributed by atoms with van der Waals surface area (Å²) in [6, 6.07) is 6.67. The average Bonchev–Trinajstić information content (AvgIpc) is 2.91. The number of nitrogens with one attached hydrogen (secondary N) is 2. The molecule has 1 aliphatic heterocycles. The maximum atomic E-state index is 12.4. The van der Waals surface area contributed by atoms with Crippen LogP contribution in [0.3, 0.4) is 0 Å². The number of ether oxygens (including phenoxy) is 1. The largest absolute Gasteiger partial charge is 0.387 e. The van der Waals surface area contributed by atoms with E-state index in [0.717, 1.165) is 16.8 Å². The monoisotopic (exact) mass is 427 g/mol. The standard InChI is InChI=1S/C16H18N3O9P/c20-10-5-6-19(16(24)18-10)15-12(22)11(21)13(28-15)14(23)17-9-3-1-8(2-4-9)7-29(25,26)27/h1-6,11-13,15,21-22H,7H2,(H,17,23)(H,18,20,24)(H2,25,26,27)/t11-,12-,13-,15+/m0/s1. The maximum absolute atomic E-state index is 12.4. The van der Waals surface area contributed by atoms with E-state index in [1.807, 2.05) is 4.98 Å². The minimum Gasteiger partial charge on any atom is -0.387 e. The zero-order valence-corrected chi connectivity index (χ0v) is 15.6. The lowest BCUT2D eigenvalue weighted by Crippen LogP contribution is -2.39. The van der Waals surface area contributed by atoms with E-state index in [4.69, 9.17) is 14.5 Å². The first kappa shape index (κ1) is 21.1. The molecule has 0 aliphatic carbocycles. The van der Waals surface area contributed by atoms with Crippen molar-refractivity contribution in [3.05, 3.63) is 62.9 Å². The SMILES string of the molecule is O=C(Nc1ccc(CP(=O)(O)O)cc1)[C@H]1O[C@@H](n2ccc(=O)[nH]c2=O)[C@@H](O)[C@@H]1O. The first-order valence-corrected chi connectivity index (χ1v) is 10.1. The molecular formula is C16H18N3O9P. The van der Waals surface area contributed by atoms with Crippen molar-refractivity contribution in [1.29, 1.82) is 0 Å². The fourth-order valence-electron chi connectivity index (χ4n) is 2.88. The number of rotatable bonds is 5. The van der Waals surface area contributed by atoms with E-state index in [1.165, 1.54) is 24.3 Å². The van der Waals surface area contributed by atoms with E-state index in [1.54, 1.807) is 0 Å². The quantitative estimate of drug-likeness (QED) is 0.307. The first-order chi connectivity index (χ1) is 13.5. The fourth-order valence-corrected chi connectivity index (χ4v) is 3.56.